The molecule has 0 aliphatic heterocycles. The number of nitrogens with one attached hydrogen (secondary N) is 1. The van der Waals surface area contributed by atoms with Gasteiger partial charge in [0.15, 0.2) is 0 Å². The largest absolute Gasteiger partial charge is 0.336 e. The predicted molar refractivity (Wildman–Crippen MR) is 101 cm³/mol. The number of hydrogen-bond donors (Lipinski definition) is 2. The van der Waals surface area contributed by atoms with Crippen molar-refractivity contribution in [1.29, 1.82) is 0 Å². The number of rotatable bonds is 6. The zero-order chi connectivity index (χ0) is 18.0. The average Bonchev–Trinajstić information content (AvgIpc) is 3.02. The van der Waals surface area contributed by atoms with Crippen LogP contribution in [-0.2, 0) is 23.0 Å². The van der Waals surface area contributed by atoms with Gasteiger partial charge in [0.25, 0.3) is 5.71 Å². The number of aryl methyl sites for hydroxylation is 1. The number of benzene rings is 1. The molecule has 0 aliphatic rings. The van der Waals surface area contributed by atoms with Crippen molar-refractivity contribution in [3.05, 3.63) is 53.3 Å². The van der Waals surface area contributed by atoms with Crippen LogP contribution in [0, 0.1) is 0 Å². The van der Waals surface area contributed by atoms with Crippen molar-refractivity contribution in [2.45, 2.75) is 37.8 Å². The molecular formula is C17H21ClN4O3S. The third-order valence-electron chi connectivity index (χ3n) is 4.00. The van der Waals surface area contributed by atoms with Crippen LogP contribution in [0.2, 0.25) is 0 Å². The number of nitrogens with zero attached hydrogens (tertiary/aromatic N) is 2. The van der Waals surface area contributed by atoms with Gasteiger partial charge in [-0.15, -0.1) is 12.4 Å². The van der Waals surface area contributed by atoms with Crippen molar-refractivity contribution >= 4 is 33.5 Å². The number of pyridine rings is 1. The molecule has 140 valence electrons. The maximum Gasteiger partial charge on any atom is 0.258 e. The molecule has 26 heavy (non-hydrogen) atoms. The van der Waals surface area contributed by atoms with Gasteiger partial charge in [-0.2, -0.15) is 0 Å². The quantitative estimate of drug-likeness (QED) is 0.662. The van der Waals surface area contributed by atoms with Crippen LogP contribution in [0.3, 0.4) is 0 Å². The molecule has 1 atom stereocenters. The van der Waals surface area contributed by atoms with Crippen molar-refractivity contribution in [2.75, 3.05) is 0 Å². The Morgan fingerprint density at radius 2 is 1.96 bits per heavy atom. The Balaban J connectivity index is 0.00000243. The molecule has 0 bridgehead atoms. The maximum atomic E-state index is 12.5. The topological polar surface area (TPSA) is 111 Å². The van der Waals surface area contributed by atoms with Crippen molar-refractivity contribution in [3.63, 3.8) is 0 Å². The van der Waals surface area contributed by atoms with Gasteiger partial charge in [-0.3, -0.25) is 0 Å². The molecule has 0 radical (unpaired) electrons. The van der Waals surface area contributed by atoms with Gasteiger partial charge in [0.2, 0.25) is 10.0 Å². The van der Waals surface area contributed by atoms with Crippen molar-refractivity contribution in [2.24, 2.45) is 5.73 Å². The van der Waals surface area contributed by atoms with Crippen LogP contribution in [0.1, 0.15) is 36.7 Å². The Hall–Kier alpha value is -2.00. The number of aromatic nitrogens is 2. The molecule has 7 nitrogen and oxygen atoms in total. The Morgan fingerprint density at radius 1 is 1.27 bits per heavy atom. The molecule has 0 spiro atoms. The zero-order valence-corrected chi connectivity index (χ0v) is 16.1. The minimum absolute atomic E-state index is 0. The number of sulfonamides is 1. The molecule has 0 saturated carbocycles. The molecule has 2 heterocycles. The van der Waals surface area contributed by atoms with Gasteiger partial charge in [-0.1, -0.05) is 36.3 Å². The first-order valence-corrected chi connectivity index (χ1v) is 9.47. The lowest BCUT2D eigenvalue weighted by molar-refractivity contribution is 0.439. The molecule has 0 saturated heterocycles. The summed E-state index contributed by atoms with van der Waals surface area (Å²) in [5.74, 6) is 0. The fraction of sp³-hybridized carbons (Fsp3) is 0.294. The van der Waals surface area contributed by atoms with Crippen molar-refractivity contribution in [1.82, 2.24) is 14.9 Å². The molecule has 3 aromatic rings. The minimum atomic E-state index is -3.69. The lowest BCUT2D eigenvalue weighted by Gasteiger charge is -2.09. The average molecular weight is 397 g/mol. The summed E-state index contributed by atoms with van der Waals surface area (Å²) in [5.41, 5.74) is 8.68. The second-order valence-corrected chi connectivity index (χ2v) is 7.63. The number of halogens is 1. The van der Waals surface area contributed by atoms with Crippen LogP contribution < -0.4 is 10.5 Å². The third kappa shape index (κ3) is 4.21. The molecule has 9 heteroatoms. The fourth-order valence-corrected chi connectivity index (χ4v) is 3.45. The van der Waals surface area contributed by atoms with E-state index in [0.717, 1.165) is 11.1 Å². The third-order valence-corrected chi connectivity index (χ3v) is 5.36. The molecule has 0 amide bonds. The van der Waals surface area contributed by atoms with Gasteiger partial charge in [0.05, 0.1) is 17.3 Å². The van der Waals surface area contributed by atoms with Gasteiger partial charge < -0.3 is 10.3 Å². The van der Waals surface area contributed by atoms with E-state index < -0.39 is 10.0 Å². The number of hydrogen-bond acceptors (Lipinski definition) is 6. The van der Waals surface area contributed by atoms with E-state index in [-0.39, 0.29) is 29.9 Å². The number of nitrogens with two attached hydrogens (primary N) is 1. The fourth-order valence-electron chi connectivity index (χ4n) is 2.46. The highest BCUT2D eigenvalue weighted by atomic mass is 35.5. The Morgan fingerprint density at radius 3 is 2.58 bits per heavy atom. The lowest BCUT2D eigenvalue weighted by atomic mass is 10.1. The van der Waals surface area contributed by atoms with Gasteiger partial charge in [0.1, 0.15) is 4.90 Å². The Kier molecular flexibility index (Phi) is 6.35. The van der Waals surface area contributed by atoms with Crippen LogP contribution in [0.25, 0.3) is 11.1 Å². The first-order valence-electron chi connectivity index (χ1n) is 7.99. The van der Waals surface area contributed by atoms with E-state index in [9.17, 15) is 8.42 Å². The van der Waals surface area contributed by atoms with Gasteiger partial charge in [0, 0.05) is 12.6 Å². The highest BCUT2D eigenvalue weighted by molar-refractivity contribution is 7.89. The molecule has 0 fully saturated rings. The summed E-state index contributed by atoms with van der Waals surface area (Å²) >= 11 is 0. The van der Waals surface area contributed by atoms with E-state index in [0.29, 0.717) is 23.2 Å². The second-order valence-electron chi connectivity index (χ2n) is 5.86. The van der Waals surface area contributed by atoms with E-state index in [1.807, 2.05) is 38.1 Å². The molecule has 2 aromatic heterocycles. The van der Waals surface area contributed by atoms with Crippen LogP contribution in [0.15, 0.2) is 45.9 Å². The standard InChI is InChI=1S/C17H20N4O3S.ClH/c1-3-16-15-8-14(10-19-17(15)24-21-16)25(22,23)20-9-12-4-6-13(7-5-12)11(2)18;/h4-8,10-11,20H,3,9,18H2,1-2H3;1H. The summed E-state index contributed by atoms with van der Waals surface area (Å²) in [7, 11) is -3.69. The first kappa shape index (κ1) is 20.3. The molecule has 3 rings (SSSR count). The first-order chi connectivity index (χ1) is 11.9. The van der Waals surface area contributed by atoms with E-state index in [2.05, 4.69) is 14.9 Å². The summed E-state index contributed by atoms with van der Waals surface area (Å²) < 4.78 is 32.7. The summed E-state index contributed by atoms with van der Waals surface area (Å²) in [4.78, 5) is 4.13. The zero-order valence-electron chi connectivity index (χ0n) is 14.5. The highest BCUT2D eigenvalue weighted by Gasteiger charge is 2.18. The highest BCUT2D eigenvalue weighted by Crippen LogP contribution is 2.20. The van der Waals surface area contributed by atoms with Gasteiger partial charge in [-0.05, 0) is 30.5 Å². The van der Waals surface area contributed by atoms with Gasteiger partial charge >= 0.3 is 0 Å². The summed E-state index contributed by atoms with van der Waals surface area (Å²) in [6.45, 7) is 4.00. The van der Waals surface area contributed by atoms with Crippen LogP contribution in [-0.4, -0.2) is 18.6 Å². The monoisotopic (exact) mass is 396 g/mol. The normalized spacial score (nSPS) is 12.7. The lowest BCUT2D eigenvalue weighted by Crippen LogP contribution is -2.23. The van der Waals surface area contributed by atoms with Crippen LogP contribution in [0.4, 0.5) is 0 Å². The molecular weight excluding hydrogens is 376 g/mol. The Labute approximate surface area is 158 Å². The molecule has 3 N–H and O–H groups in total. The van der Waals surface area contributed by atoms with Crippen LogP contribution >= 0.6 is 12.4 Å². The summed E-state index contributed by atoms with van der Waals surface area (Å²) in [5, 5.41) is 4.51. The maximum absolute atomic E-state index is 12.5. The number of fused-ring (bicyclic) bond motifs is 1. The SMILES string of the molecule is CCc1noc2ncc(S(=O)(=O)NCc3ccc(C(C)N)cc3)cc12.Cl. The van der Waals surface area contributed by atoms with Crippen molar-refractivity contribution < 1.29 is 12.9 Å². The second kappa shape index (κ2) is 8.13. The summed E-state index contributed by atoms with van der Waals surface area (Å²) in [6.07, 6.45) is 1.91. The predicted octanol–water partition coefficient (Wildman–Crippen LogP) is 2.71. The van der Waals surface area contributed by atoms with Crippen molar-refractivity contribution in [3.8, 4) is 0 Å². The van der Waals surface area contributed by atoms with E-state index in [1.54, 1.807) is 6.07 Å². The molecule has 1 unspecified atom stereocenters. The summed E-state index contributed by atoms with van der Waals surface area (Å²) in [6, 6.07) is 8.99. The van der Waals surface area contributed by atoms with Crippen LogP contribution in [0.5, 0.6) is 0 Å². The molecule has 0 aliphatic carbocycles. The minimum Gasteiger partial charge on any atom is -0.336 e. The van der Waals surface area contributed by atoms with E-state index in [1.165, 1.54) is 6.20 Å². The smallest absolute Gasteiger partial charge is 0.258 e. The van der Waals surface area contributed by atoms with Gasteiger partial charge in [-0.25, -0.2) is 18.1 Å². The van der Waals surface area contributed by atoms with E-state index in [4.69, 9.17) is 10.3 Å². The Bertz CT molecular complexity index is 985. The van der Waals surface area contributed by atoms with E-state index >= 15 is 0 Å². The molecule has 1 aromatic carbocycles.